The van der Waals surface area contributed by atoms with Crippen molar-refractivity contribution in [1.82, 2.24) is 20.4 Å². The second-order valence-corrected chi connectivity index (χ2v) is 3.76. The summed E-state index contributed by atoms with van der Waals surface area (Å²) in [6.45, 7) is 0. The Kier molecular flexibility index (Phi) is 5.18. The first-order valence-electron chi connectivity index (χ1n) is 3.95. The Balaban J connectivity index is 0.000000160. The van der Waals surface area contributed by atoms with Crippen LogP contribution in [0.1, 0.15) is 0 Å². The molecule has 5 nitrogen and oxygen atoms in total. The van der Waals surface area contributed by atoms with Crippen LogP contribution in [0.2, 0.25) is 15.2 Å². The van der Waals surface area contributed by atoms with Gasteiger partial charge in [-0.3, -0.25) is 0 Å². The van der Waals surface area contributed by atoms with Gasteiger partial charge in [-0.05, 0) is 6.07 Å². The molecule has 0 aromatic carbocycles. The Morgan fingerprint density at radius 1 is 0.875 bits per heavy atom. The molecular formula is C8H6Cl3N5. The van der Waals surface area contributed by atoms with Crippen molar-refractivity contribution in [2.75, 3.05) is 5.73 Å². The zero-order chi connectivity index (χ0) is 12.0. The molecule has 0 amide bonds. The minimum absolute atomic E-state index is 0.317. The van der Waals surface area contributed by atoms with Gasteiger partial charge in [-0.2, -0.15) is 10.2 Å². The Labute approximate surface area is 107 Å². The van der Waals surface area contributed by atoms with Crippen LogP contribution in [0.5, 0.6) is 0 Å². The van der Waals surface area contributed by atoms with Crippen molar-refractivity contribution in [3.8, 4) is 0 Å². The maximum absolute atomic E-state index is 5.46. The lowest BCUT2D eigenvalue weighted by Crippen LogP contribution is -1.90. The third kappa shape index (κ3) is 5.06. The van der Waals surface area contributed by atoms with Gasteiger partial charge < -0.3 is 5.73 Å². The molecule has 0 bridgehead atoms. The van der Waals surface area contributed by atoms with Crippen LogP contribution in [-0.2, 0) is 0 Å². The summed E-state index contributed by atoms with van der Waals surface area (Å²) in [5.41, 5.74) is 5.20. The maximum atomic E-state index is 5.46. The number of nitrogen functional groups attached to an aromatic ring is 1. The molecule has 0 atom stereocenters. The van der Waals surface area contributed by atoms with Crippen molar-refractivity contribution in [2.24, 2.45) is 0 Å². The van der Waals surface area contributed by atoms with E-state index >= 15 is 0 Å². The standard InChI is InChI=1S/C4H2Cl2N2.C4H4ClN3/c2*5-3-1-4(6)8-7-2-3/h1-2H;1-2H,(H2,6,8). The molecule has 0 aliphatic carbocycles. The predicted octanol–water partition coefficient (Wildman–Crippen LogP) is 2.50. The van der Waals surface area contributed by atoms with E-state index in [0.717, 1.165) is 0 Å². The summed E-state index contributed by atoms with van der Waals surface area (Å²) in [5.74, 6) is 0.345. The van der Waals surface area contributed by atoms with E-state index in [2.05, 4.69) is 20.4 Å². The van der Waals surface area contributed by atoms with Crippen LogP contribution in [0.15, 0.2) is 24.5 Å². The summed E-state index contributed by atoms with van der Waals surface area (Å²) >= 11 is 16.3. The van der Waals surface area contributed by atoms with E-state index in [1.165, 1.54) is 24.5 Å². The lowest BCUT2D eigenvalue weighted by molar-refractivity contribution is 1.03. The first-order valence-corrected chi connectivity index (χ1v) is 5.09. The number of nitrogens with two attached hydrogens (primary N) is 1. The van der Waals surface area contributed by atoms with Crippen LogP contribution in [-0.4, -0.2) is 20.4 Å². The quantitative estimate of drug-likeness (QED) is 0.801. The molecule has 0 radical (unpaired) electrons. The van der Waals surface area contributed by atoms with Crippen LogP contribution >= 0.6 is 34.8 Å². The molecular weight excluding hydrogens is 272 g/mol. The minimum atomic E-state index is 0.317. The summed E-state index contributed by atoms with van der Waals surface area (Å²) in [6, 6.07) is 3.06. The fourth-order valence-corrected chi connectivity index (χ4v) is 1.20. The first-order chi connectivity index (χ1) is 7.58. The van der Waals surface area contributed by atoms with Gasteiger partial charge >= 0.3 is 0 Å². The fraction of sp³-hybridized carbons (Fsp3) is 0. The molecule has 0 fully saturated rings. The monoisotopic (exact) mass is 277 g/mol. The molecule has 2 rings (SSSR count). The highest BCUT2D eigenvalue weighted by Gasteiger charge is 1.88. The van der Waals surface area contributed by atoms with Gasteiger partial charge in [-0.1, -0.05) is 34.8 Å². The molecule has 0 saturated carbocycles. The molecule has 0 unspecified atom stereocenters. The van der Waals surface area contributed by atoms with Crippen molar-refractivity contribution in [3.63, 3.8) is 0 Å². The smallest absolute Gasteiger partial charge is 0.153 e. The fourth-order valence-electron chi connectivity index (χ4n) is 0.677. The van der Waals surface area contributed by atoms with Gasteiger partial charge in [0.15, 0.2) is 5.15 Å². The van der Waals surface area contributed by atoms with Gasteiger partial charge in [-0.15, -0.1) is 10.2 Å². The third-order valence-electron chi connectivity index (χ3n) is 1.23. The zero-order valence-corrected chi connectivity index (χ0v) is 10.1. The molecule has 0 saturated heterocycles. The number of hydrogen-bond acceptors (Lipinski definition) is 5. The van der Waals surface area contributed by atoms with Gasteiger partial charge in [0.1, 0.15) is 5.82 Å². The normalized spacial score (nSPS) is 9.19. The Hall–Kier alpha value is -1.17. The third-order valence-corrected chi connectivity index (χ3v) is 1.83. The molecule has 2 aromatic rings. The Morgan fingerprint density at radius 3 is 1.75 bits per heavy atom. The van der Waals surface area contributed by atoms with Crippen LogP contribution in [0.3, 0.4) is 0 Å². The highest BCUT2D eigenvalue weighted by molar-refractivity contribution is 6.33. The first kappa shape index (κ1) is 12.9. The summed E-state index contributed by atoms with van der Waals surface area (Å²) in [6.07, 6.45) is 2.85. The Morgan fingerprint density at radius 2 is 1.44 bits per heavy atom. The van der Waals surface area contributed by atoms with Crippen LogP contribution in [0, 0.1) is 0 Å². The lowest BCUT2D eigenvalue weighted by atomic mass is 10.5. The highest BCUT2D eigenvalue weighted by atomic mass is 35.5. The van der Waals surface area contributed by atoms with E-state index < -0.39 is 0 Å². The number of rotatable bonds is 0. The average Bonchev–Trinajstić information content (AvgIpc) is 2.17. The summed E-state index contributed by atoms with van der Waals surface area (Å²) < 4.78 is 0. The number of halogens is 3. The van der Waals surface area contributed by atoms with Crippen molar-refractivity contribution >= 4 is 40.6 Å². The van der Waals surface area contributed by atoms with E-state index in [9.17, 15) is 0 Å². The van der Waals surface area contributed by atoms with Crippen LogP contribution < -0.4 is 5.73 Å². The van der Waals surface area contributed by atoms with E-state index in [4.69, 9.17) is 40.5 Å². The number of anilines is 1. The number of aromatic nitrogens is 4. The van der Waals surface area contributed by atoms with Gasteiger partial charge in [0.05, 0.1) is 22.4 Å². The minimum Gasteiger partial charge on any atom is -0.382 e. The highest BCUT2D eigenvalue weighted by Crippen LogP contribution is 2.09. The summed E-state index contributed by atoms with van der Waals surface area (Å²) in [4.78, 5) is 0. The molecule has 0 spiro atoms. The number of nitrogens with zero attached hydrogens (tertiary/aromatic N) is 4. The second-order valence-electron chi connectivity index (χ2n) is 2.50. The second kappa shape index (κ2) is 6.42. The largest absolute Gasteiger partial charge is 0.382 e. The van der Waals surface area contributed by atoms with Gasteiger partial charge in [0.2, 0.25) is 0 Å². The average molecular weight is 279 g/mol. The molecule has 84 valence electrons. The molecule has 16 heavy (non-hydrogen) atoms. The van der Waals surface area contributed by atoms with Crippen molar-refractivity contribution in [1.29, 1.82) is 0 Å². The number of hydrogen-bond donors (Lipinski definition) is 1. The molecule has 0 aliphatic rings. The molecule has 0 aliphatic heterocycles. The van der Waals surface area contributed by atoms with Crippen molar-refractivity contribution < 1.29 is 0 Å². The molecule has 2 heterocycles. The van der Waals surface area contributed by atoms with Crippen molar-refractivity contribution in [2.45, 2.75) is 0 Å². The van der Waals surface area contributed by atoms with Gasteiger partial charge in [0, 0.05) is 6.07 Å². The lowest BCUT2D eigenvalue weighted by Gasteiger charge is -1.86. The van der Waals surface area contributed by atoms with E-state index in [-0.39, 0.29) is 0 Å². The SMILES string of the molecule is Clc1cnnc(Cl)c1.Nc1cc(Cl)cnn1. The molecule has 2 N–H and O–H groups in total. The van der Waals surface area contributed by atoms with Crippen LogP contribution in [0.4, 0.5) is 5.82 Å². The molecule has 2 aromatic heterocycles. The van der Waals surface area contributed by atoms with E-state index in [0.29, 0.717) is 21.0 Å². The molecule has 8 heteroatoms. The summed E-state index contributed by atoms with van der Waals surface area (Å²) in [5, 5.41) is 15.2. The van der Waals surface area contributed by atoms with E-state index in [1.54, 1.807) is 0 Å². The maximum Gasteiger partial charge on any atom is 0.153 e. The summed E-state index contributed by atoms with van der Waals surface area (Å²) in [7, 11) is 0. The van der Waals surface area contributed by atoms with E-state index in [1.807, 2.05) is 0 Å². The predicted molar refractivity (Wildman–Crippen MR) is 63.5 cm³/mol. The van der Waals surface area contributed by atoms with Crippen molar-refractivity contribution in [3.05, 3.63) is 39.7 Å². The van der Waals surface area contributed by atoms with Gasteiger partial charge in [-0.25, -0.2) is 0 Å². The van der Waals surface area contributed by atoms with Crippen LogP contribution in [0.25, 0.3) is 0 Å². The topological polar surface area (TPSA) is 77.6 Å². The zero-order valence-electron chi connectivity index (χ0n) is 7.81. The Bertz CT molecular complexity index is 387. The van der Waals surface area contributed by atoms with Gasteiger partial charge in [0.25, 0.3) is 0 Å².